The lowest BCUT2D eigenvalue weighted by Crippen LogP contribution is -2.46. The standard InChI is InChI=1S/C24H31NO5/c1-4-29-21-13-12-18(16-22(21)30-5-2)23(17-9-8-10-19(15-17)28-3)25-14-7-6-11-20(25)24(26)27/h8-10,12-13,15-16,20,23H,4-7,11,14H2,1-3H3,(H,26,27). The number of piperidine rings is 1. The van der Waals surface area contributed by atoms with Gasteiger partial charge < -0.3 is 19.3 Å². The highest BCUT2D eigenvalue weighted by molar-refractivity contribution is 5.73. The van der Waals surface area contributed by atoms with Crippen LogP contribution in [0.1, 0.15) is 50.3 Å². The normalized spacial score (nSPS) is 17.9. The Morgan fingerprint density at radius 3 is 2.50 bits per heavy atom. The Kier molecular flexibility index (Phi) is 7.57. The molecule has 0 saturated carbocycles. The van der Waals surface area contributed by atoms with Crippen LogP contribution in [-0.4, -0.2) is 48.9 Å². The Bertz CT molecular complexity index is 853. The SMILES string of the molecule is CCOc1ccc(C(c2cccc(OC)c2)N2CCCCC2C(=O)O)cc1OCC. The number of hydrogen-bond donors (Lipinski definition) is 1. The van der Waals surface area contributed by atoms with E-state index in [4.69, 9.17) is 14.2 Å². The van der Waals surface area contributed by atoms with Crippen molar-refractivity contribution in [1.29, 1.82) is 0 Å². The van der Waals surface area contributed by atoms with Gasteiger partial charge in [-0.2, -0.15) is 0 Å². The number of carbonyl (C=O) groups is 1. The lowest BCUT2D eigenvalue weighted by atomic mass is 9.91. The van der Waals surface area contributed by atoms with Crippen molar-refractivity contribution in [2.24, 2.45) is 0 Å². The third-order valence-electron chi connectivity index (χ3n) is 5.45. The number of carboxylic acids is 1. The molecule has 3 rings (SSSR count). The van der Waals surface area contributed by atoms with E-state index in [2.05, 4.69) is 4.90 Å². The van der Waals surface area contributed by atoms with Crippen LogP contribution in [0.5, 0.6) is 17.2 Å². The number of benzene rings is 2. The summed E-state index contributed by atoms with van der Waals surface area (Å²) in [5.74, 6) is 1.34. The average molecular weight is 414 g/mol. The molecule has 6 nitrogen and oxygen atoms in total. The van der Waals surface area contributed by atoms with Crippen LogP contribution in [0.15, 0.2) is 42.5 Å². The summed E-state index contributed by atoms with van der Waals surface area (Å²) in [5.41, 5.74) is 1.97. The predicted octanol–water partition coefficient (Wildman–Crippen LogP) is 4.52. The third-order valence-corrected chi connectivity index (χ3v) is 5.45. The molecule has 0 aromatic heterocycles. The van der Waals surface area contributed by atoms with Crippen molar-refractivity contribution in [1.82, 2.24) is 4.90 Å². The molecule has 1 saturated heterocycles. The second kappa shape index (κ2) is 10.3. The summed E-state index contributed by atoms with van der Waals surface area (Å²) in [5, 5.41) is 9.89. The van der Waals surface area contributed by atoms with Gasteiger partial charge in [-0.05, 0) is 68.6 Å². The largest absolute Gasteiger partial charge is 0.497 e. The molecule has 2 atom stereocenters. The lowest BCUT2D eigenvalue weighted by Gasteiger charge is -2.39. The first-order valence-corrected chi connectivity index (χ1v) is 10.6. The molecular weight excluding hydrogens is 382 g/mol. The second-order valence-electron chi connectivity index (χ2n) is 7.34. The van der Waals surface area contributed by atoms with Gasteiger partial charge in [-0.1, -0.05) is 24.6 Å². The van der Waals surface area contributed by atoms with Crippen LogP contribution in [0.4, 0.5) is 0 Å². The molecule has 2 aromatic rings. The zero-order valence-electron chi connectivity index (χ0n) is 18.0. The van der Waals surface area contributed by atoms with E-state index in [0.717, 1.165) is 36.3 Å². The molecule has 6 heteroatoms. The Balaban J connectivity index is 2.11. The van der Waals surface area contributed by atoms with Gasteiger partial charge >= 0.3 is 5.97 Å². The Morgan fingerprint density at radius 2 is 1.80 bits per heavy atom. The fraction of sp³-hybridized carbons (Fsp3) is 0.458. The first kappa shape index (κ1) is 22.0. The number of nitrogens with zero attached hydrogens (tertiary/aromatic N) is 1. The molecule has 0 radical (unpaired) electrons. The number of ether oxygens (including phenoxy) is 3. The van der Waals surface area contributed by atoms with Gasteiger partial charge in [-0.3, -0.25) is 9.69 Å². The predicted molar refractivity (Wildman–Crippen MR) is 116 cm³/mol. The molecule has 0 spiro atoms. The molecule has 2 aromatic carbocycles. The minimum Gasteiger partial charge on any atom is -0.497 e. The fourth-order valence-electron chi connectivity index (χ4n) is 4.15. The van der Waals surface area contributed by atoms with Gasteiger partial charge in [0, 0.05) is 0 Å². The summed E-state index contributed by atoms with van der Waals surface area (Å²) in [6, 6.07) is 13.0. The fourth-order valence-corrected chi connectivity index (χ4v) is 4.15. The van der Waals surface area contributed by atoms with E-state index in [-0.39, 0.29) is 6.04 Å². The molecule has 0 aliphatic carbocycles. The molecule has 1 aliphatic heterocycles. The summed E-state index contributed by atoms with van der Waals surface area (Å²) in [7, 11) is 1.64. The van der Waals surface area contributed by atoms with Gasteiger partial charge in [0.05, 0.1) is 26.4 Å². The molecule has 162 valence electrons. The molecule has 1 aliphatic rings. The number of methoxy groups -OCH3 is 1. The first-order chi connectivity index (χ1) is 14.6. The quantitative estimate of drug-likeness (QED) is 0.652. The smallest absolute Gasteiger partial charge is 0.320 e. The molecule has 1 fully saturated rings. The molecule has 1 heterocycles. The second-order valence-corrected chi connectivity index (χ2v) is 7.34. The van der Waals surface area contributed by atoms with Gasteiger partial charge in [0.15, 0.2) is 11.5 Å². The van der Waals surface area contributed by atoms with Crippen molar-refractivity contribution in [2.45, 2.75) is 45.2 Å². The van der Waals surface area contributed by atoms with Crippen molar-refractivity contribution in [3.8, 4) is 17.2 Å². The van der Waals surface area contributed by atoms with E-state index < -0.39 is 12.0 Å². The van der Waals surface area contributed by atoms with Crippen LogP contribution in [0.25, 0.3) is 0 Å². The van der Waals surface area contributed by atoms with Crippen LogP contribution < -0.4 is 14.2 Å². The first-order valence-electron chi connectivity index (χ1n) is 10.6. The Labute approximate surface area is 178 Å². The molecule has 1 N–H and O–H groups in total. The Morgan fingerprint density at radius 1 is 1.07 bits per heavy atom. The van der Waals surface area contributed by atoms with Gasteiger partial charge in [0.1, 0.15) is 11.8 Å². The van der Waals surface area contributed by atoms with E-state index in [0.29, 0.717) is 31.1 Å². The van der Waals surface area contributed by atoms with E-state index in [1.54, 1.807) is 7.11 Å². The summed E-state index contributed by atoms with van der Waals surface area (Å²) in [6.45, 7) is 5.66. The zero-order chi connectivity index (χ0) is 21.5. The third kappa shape index (κ3) is 4.87. The van der Waals surface area contributed by atoms with Gasteiger partial charge in [0.2, 0.25) is 0 Å². The van der Waals surface area contributed by atoms with Crippen molar-refractivity contribution < 1.29 is 24.1 Å². The number of rotatable bonds is 9. The van der Waals surface area contributed by atoms with E-state index in [1.165, 1.54) is 0 Å². The maximum Gasteiger partial charge on any atom is 0.320 e. The highest BCUT2D eigenvalue weighted by atomic mass is 16.5. The molecule has 2 unspecified atom stereocenters. The van der Waals surface area contributed by atoms with Crippen molar-refractivity contribution in [3.63, 3.8) is 0 Å². The van der Waals surface area contributed by atoms with Gasteiger partial charge in [0.25, 0.3) is 0 Å². The maximum atomic E-state index is 12.1. The van der Waals surface area contributed by atoms with Gasteiger partial charge in [-0.15, -0.1) is 0 Å². The number of aliphatic carboxylic acids is 1. The van der Waals surface area contributed by atoms with E-state index in [1.807, 2.05) is 56.3 Å². The molecule has 0 bridgehead atoms. The van der Waals surface area contributed by atoms with Crippen molar-refractivity contribution in [3.05, 3.63) is 53.6 Å². The summed E-state index contributed by atoms with van der Waals surface area (Å²) in [6.07, 6.45) is 2.54. The highest BCUT2D eigenvalue weighted by Crippen LogP contribution is 2.39. The van der Waals surface area contributed by atoms with Crippen molar-refractivity contribution >= 4 is 5.97 Å². The summed E-state index contributed by atoms with van der Waals surface area (Å²) < 4.78 is 17.0. The van der Waals surface area contributed by atoms with Crippen LogP contribution in [0.3, 0.4) is 0 Å². The van der Waals surface area contributed by atoms with E-state index >= 15 is 0 Å². The average Bonchev–Trinajstić information content (AvgIpc) is 2.76. The van der Waals surface area contributed by atoms with Crippen LogP contribution in [0, 0.1) is 0 Å². The van der Waals surface area contributed by atoms with Crippen LogP contribution in [0.2, 0.25) is 0 Å². The highest BCUT2D eigenvalue weighted by Gasteiger charge is 2.35. The molecular formula is C24H31NO5. The summed E-state index contributed by atoms with van der Waals surface area (Å²) >= 11 is 0. The topological polar surface area (TPSA) is 68.2 Å². The minimum atomic E-state index is -0.779. The molecule has 30 heavy (non-hydrogen) atoms. The number of hydrogen-bond acceptors (Lipinski definition) is 5. The summed E-state index contributed by atoms with van der Waals surface area (Å²) in [4.78, 5) is 14.1. The molecule has 0 amide bonds. The number of likely N-dealkylation sites (tertiary alicyclic amines) is 1. The maximum absolute atomic E-state index is 12.1. The van der Waals surface area contributed by atoms with Crippen LogP contribution in [-0.2, 0) is 4.79 Å². The minimum absolute atomic E-state index is 0.226. The lowest BCUT2D eigenvalue weighted by molar-refractivity contribution is -0.145. The Hall–Kier alpha value is -2.73. The monoisotopic (exact) mass is 413 g/mol. The zero-order valence-corrected chi connectivity index (χ0v) is 18.0. The van der Waals surface area contributed by atoms with Gasteiger partial charge in [-0.25, -0.2) is 0 Å². The van der Waals surface area contributed by atoms with E-state index in [9.17, 15) is 9.90 Å². The number of carboxylic acid groups (broad SMARTS) is 1. The van der Waals surface area contributed by atoms with Crippen LogP contribution >= 0.6 is 0 Å². The van der Waals surface area contributed by atoms with Crippen molar-refractivity contribution in [2.75, 3.05) is 26.9 Å².